The highest BCUT2D eigenvalue weighted by atomic mass is 16.5. The maximum Gasteiger partial charge on any atom is 0.338 e. The van der Waals surface area contributed by atoms with Crippen LogP contribution in [0.25, 0.3) is 0 Å². The number of carbonyl (C=O) groups is 3. The van der Waals surface area contributed by atoms with Crippen LogP contribution in [0.4, 0.5) is 11.4 Å². The van der Waals surface area contributed by atoms with Gasteiger partial charge >= 0.3 is 5.97 Å². The van der Waals surface area contributed by atoms with Crippen molar-refractivity contribution in [2.24, 2.45) is 0 Å². The van der Waals surface area contributed by atoms with E-state index in [4.69, 9.17) is 4.74 Å². The Morgan fingerprint density at radius 2 is 1.93 bits per heavy atom. The highest BCUT2D eigenvalue weighted by molar-refractivity contribution is 5.99. The predicted octanol–water partition coefficient (Wildman–Crippen LogP) is 3.56. The molecule has 2 aromatic carbocycles. The Bertz CT molecular complexity index is 876. The monoisotopic (exact) mass is 380 g/mol. The van der Waals surface area contributed by atoms with E-state index in [-0.39, 0.29) is 5.91 Å². The van der Waals surface area contributed by atoms with Gasteiger partial charge in [-0.1, -0.05) is 25.1 Å². The number of ether oxygens (including phenoxy) is 1. The summed E-state index contributed by atoms with van der Waals surface area (Å²) in [5, 5.41) is 2.74. The molecule has 146 valence electrons. The number of anilines is 2. The van der Waals surface area contributed by atoms with Gasteiger partial charge in [0.15, 0.2) is 6.10 Å². The van der Waals surface area contributed by atoms with Gasteiger partial charge in [0, 0.05) is 24.3 Å². The molecule has 6 nitrogen and oxygen atoms in total. The number of rotatable bonds is 6. The fraction of sp³-hybridized carbons (Fsp3) is 0.318. The molecule has 0 aromatic heterocycles. The molecule has 1 aliphatic heterocycles. The second-order valence-electron chi connectivity index (χ2n) is 6.79. The number of hydrogen-bond acceptors (Lipinski definition) is 4. The summed E-state index contributed by atoms with van der Waals surface area (Å²) in [6.07, 6.45) is 1.30. The Labute approximate surface area is 164 Å². The Morgan fingerprint density at radius 3 is 2.57 bits per heavy atom. The minimum Gasteiger partial charge on any atom is -0.449 e. The lowest BCUT2D eigenvalue weighted by Crippen LogP contribution is -2.30. The largest absolute Gasteiger partial charge is 0.449 e. The molecule has 0 spiro atoms. The summed E-state index contributed by atoms with van der Waals surface area (Å²) >= 11 is 0. The lowest BCUT2D eigenvalue weighted by atomic mass is 10.1. The molecular formula is C22H24N2O4. The van der Waals surface area contributed by atoms with Gasteiger partial charge in [0.25, 0.3) is 5.91 Å². The van der Waals surface area contributed by atoms with Crippen LogP contribution in [0.2, 0.25) is 0 Å². The van der Waals surface area contributed by atoms with E-state index in [2.05, 4.69) is 12.2 Å². The lowest BCUT2D eigenvalue weighted by Gasteiger charge is -2.17. The molecule has 0 saturated carbocycles. The summed E-state index contributed by atoms with van der Waals surface area (Å²) in [6.45, 7) is 4.23. The van der Waals surface area contributed by atoms with Gasteiger partial charge in [-0.2, -0.15) is 0 Å². The molecule has 6 heteroatoms. The van der Waals surface area contributed by atoms with Crippen LogP contribution in [0, 0.1) is 0 Å². The molecule has 28 heavy (non-hydrogen) atoms. The van der Waals surface area contributed by atoms with Crippen LogP contribution in [-0.4, -0.2) is 30.4 Å². The van der Waals surface area contributed by atoms with Gasteiger partial charge < -0.3 is 15.0 Å². The normalized spacial score (nSPS) is 14.6. The Morgan fingerprint density at radius 1 is 1.18 bits per heavy atom. The molecule has 0 bridgehead atoms. The Balaban J connectivity index is 1.61. The third kappa shape index (κ3) is 4.57. The van der Waals surface area contributed by atoms with Crippen LogP contribution < -0.4 is 10.2 Å². The molecule has 0 radical (unpaired) electrons. The van der Waals surface area contributed by atoms with Crippen molar-refractivity contribution in [3.05, 3.63) is 59.7 Å². The van der Waals surface area contributed by atoms with Crippen molar-refractivity contribution >= 4 is 29.2 Å². The molecule has 1 N–H and O–H groups in total. The highest BCUT2D eigenvalue weighted by Crippen LogP contribution is 2.23. The fourth-order valence-corrected chi connectivity index (χ4v) is 3.07. The molecule has 3 rings (SSSR count). The summed E-state index contributed by atoms with van der Waals surface area (Å²) in [5.74, 6) is -0.951. The van der Waals surface area contributed by atoms with E-state index in [0.29, 0.717) is 29.9 Å². The van der Waals surface area contributed by atoms with Crippen molar-refractivity contribution in [3.63, 3.8) is 0 Å². The molecule has 1 unspecified atom stereocenters. The van der Waals surface area contributed by atoms with Crippen LogP contribution in [0.3, 0.4) is 0 Å². The third-order valence-corrected chi connectivity index (χ3v) is 4.75. The maximum absolute atomic E-state index is 12.4. The van der Waals surface area contributed by atoms with Gasteiger partial charge in [-0.3, -0.25) is 9.59 Å². The van der Waals surface area contributed by atoms with Gasteiger partial charge in [-0.15, -0.1) is 0 Å². The topological polar surface area (TPSA) is 75.7 Å². The van der Waals surface area contributed by atoms with E-state index in [1.807, 2.05) is 24.3 Å². The number of nitrogens with one attached hydrogen (secondary N) is 1. The number of nitrogens with zero attached hydrogens (tertiary/aromatic N) is 1. The smallest absolute Gasteiger partial charge is 0.338 e. The summed E-state index contributed by atoms with van der Waals surface area (Å²) < 4.78 is 5.31. The first-order valence-corrected chi connectivity index (χ1v) is 9.49. The van der Waals surface area contributed by atoms with E-state index >= 15 is 0 Å². The average Bonchev–Trinajstić information content (AvgIpc) is 3.14. The van der Waals surface area contributed by atoms with Crippen molar-refractivity contribution in [2.45, 2.75) is 39.2 Å². The van der Waals surface area contributed by atoms with Gasteiger partial charge in [0.05, 0.1) is 5.56 Å². The Hall–Kier alpha value is -3.15. The second-order valence-corrected chi connectivity index (χ2v) is 6.79. The van der Waals surface area contributed by atoms with Crippen LogP contribution in [0.1, 0.15) is 42.6 Å². The molecule has 1 aliphatic rings. The number of benzene rings is 2. The van der Waals surface area contributed by atoms with Crippen LogP contribution in [0.15, 0.2) is 48.5 Å². The zero-order valence-corrected chi connectivity index (χ0v) is 16.1. The molecular weight excluding hydrogens is 356 g/mol. The zero-order valence-electron chi connectivity index (χ0n) is 16.1. The molecule has 1 fully saturated rings. The molecule has 2 aromatic rings. The van der Waals surface area contributed by atoms with E-state index in [1.54, 1.807) is 29.2 Å². The van der Waals surface area contributed by atoms with Crippen molar-refractivity contribution in [1.29, 1.82) is 0 Å². The summed E-state index contributed by atoms with van der Waals surface area (Å²) in [6, 6.07) is 14.3. The lowest BCUT2D eigenvalue weighted by molar-refractivity contribution is -0.123. The number of carbonyl (C=O) groups excluding carboxylic acids is 3. The van der Waals surface area contributed by atoms with E-state index in [9.17, 15) is 14.4 Å². The van der Waals surface area contributed by atoms with Gasteiger partial charge in [0.2, 0.25) is 5.91 Å². The van der Waals surface area contributed by atoms with Gasteiger partial charge in [0.1, 0.15) is 0 Å². The maximum atomic E-state index is 12.4. The number of hydrogen-bond donors (Lipinski definition) is 1. The van der Waals surface area contributed by atoms with Crippen molar-refractivity contribution in [3.8, 4) is 0 Å². The minimum atomic E-state index is -0.949. The highest BCUT2D eigenvalue weighted by Gasteiger charge is 2.23. The molecule has 1 saturated heterocycles. The molecule has 0 aliphatic carbocycles. The Kier molecular flexibility index (Phi) is 6.09. The third-order valence-electron chi connectivity index (χ3n) is 4.75. The van der Waals surface area contributed by atoms with Crippen LogP contribution in [-0.2, 0) is 20.7 Å². The van der Waals surface area contributed by atoms with E-state index in [0.717, 1.165) is 12.8 Å². The fourth-order valence-electron chi connectivity index (χ4n) is 3.07. The van der Waals surface area contributed by atoms with Crippen LogP contribution in [0.5, 0.6) is 0 Å². The number of amides is 2. The van der Waals surface area contributed by atoms with E-state index < -0.39 is 18.0 Å². The predicted molar refractivity (Wildman–Crippen MR) is 107 cm³/mol. The van der Waals surface area contributed by atoms with Gasteiger partial charge in [-0.25, -0.2) is 4.79 Å². The van der Waals surface area contributed by atoms with Crippen molar-refractivity contribution < 1.29 is 19.1 Å². The molecule has 2 amide bonds. The van der Waals surface area contributed by atoms with Crippen LogP contribution >= 0.6 is 0 Å². The van der Waals surface area contributed by atoms with Crippen molar-refractivity contribution in [2.75, 3.05) is 16.8 Å². The quantitative estimate of drug-likeness (QED) is 0.778. The van der Waals surface area contributed by atoms with Gasteiger partial charge in [-0.05, 0) is 55.7 Å². The summed E-state index contributed by atoms with van der Waals surface area (Å²) in [4.78, 5) is 38.3. The minimum absolute atomic E-state index is 0.0485. The second kappa shape index (κ2) is 8.69. The summed E-state index contributed by atoms with van der Waals surface area (Å²) in [7, 11) is 0. The molecule has 1 atom stereocenters. The first-order chi connectivity index (χ1) is 13.5. The zero-order chi connectivity index (χ0) is 20.1. The first-order valence-electron chi connectivity index (χ1n) is 9.49. The summed E-state index contributed by atoms with van der Waals surface area (Å²) in [5.41, 5.74) is 2.81. The number of aryl methyl sites for hydroxylation is 1. The average molecular weight is 380 g/mol. The first kappa shape index (κ1) is 19.6. The molecule has 1 heterocycles. The SMILES string of the molecule is CCc1ccc(NC(=O)C(C)OC(=O)c2cccc(N3CCCC3=O)c2)cc1. The van der Waals surface area contributed by atoms with Crippen molar-refractivity contribution in [1.82, 2.24) is 0 Å². The number of esters is 1. The standard InChI is InChI=1S/C22H24N2O4/c1-3-16-9-11-18(12-10-16)23-21(26)15(2)28-22(27)17-6-4-7-19(14-17)24-13-5-8-20(24)25/h4,6-7,9-12,14-15H,3,5,8,13H2,1-2H3,(H,23,26). The van der Waals surface area contributed by atoms with E-state index in [1.165, 1.54) is 12.5 Å².